The Morgan fingerprint density at radius 1 is 1.09 bits per heavy atom. The van der Waals surface area contributed by atoms with Gasteiger partial charge in [-0.3, -0.25) is 4.90 Å². The zero-order valence-corrected chi connectivity index (χ0v) is 12.7. The van der Waals surface area contributed by atoms with Crippen LogP contribution in [-0.4, -0.2) is 24.5 Å². The van der Waals surface area contributed by atoms with Crippen LogP contribution >= 0.6 is 0 Å². The van der Waals surface area contributed by atoms with E-state index in [0.717, 1.165) is 25.2 Å². The van der Waals surface area contributed by atoms with Crippen LogP contribution in [0, 0.1) is 0 Å². The number of ether oxygens (including phenoxy) is 1. The van der Waals surface area contributed by atoms with Gasteiger partial charge in [0.1, 0.15) is 0 Å². The summed E-state index contributed by atoms with van der Waals surface area (Å²) in [5.74, 6) is -0.301. The molecule has 0 aromatic heterocycles. The third kappa shape index (κ3) is 3.26. The number of hydrogen-bond acceptors (Lipinski definition) is 3. The molecule has 1 aliphatic heterocycles. The van der Waals surface area contributed by atoms with Gasteiger partial charge >= 0.3 is 5.97 Å². The Morgan fingerprint density at radius 2 is 1.73 bits per heavy atom. The first kappa shape index (κ1) is 14.5. The summed E-state index contributed by atoms with van der Waals surface area (Å²) < 4.78 is 4.69. The number of rotatable bonds is 4. The molecule has 2 aromatic carbocycles. The lowest BCUT2D eigenvalue weighted by atomic mass is 10.1. The van der Waals surface area contributed by atoms with Gasteiger partial charge in [-0.1, -0.05) is 48.6 Å². The lowest BCUT2D eigenvalue weighted by molar-refractivity contribution is 0.0601. The first-order chi connectivity index (χ1) is 10.8. The number of esters is 1. The van der Waals surface area contributed by atoms with Gasteiger partial charge in [0.05, 0.1) is 12.7 Å². The van der Waals surface area contributed by atoms with Crippen molar-refractivity contribution >= 4 is 12.0 Å². The highest BCUT2D eigenvalue weighted by atomic mass is 16.5. The Morgan fingerprint density at radius 3 is 2.32 bits per heavy atom. The van der Waals surface area contributed by atoms with E-state index in [1.807, 2.05) is 12.1 Å². The first-order valence-corrected chi connectivity index (χ1v) is 7.40. The molecule has 0 saturated heterocycles. The molecule has 0 spiro atoms. The van der Waals surface area contributed by atoms with Crippen LogP contribution in [0.2, 0.25) is 0 Å². The van der Waals surface area contributed by atoms with E-state index in [1.54, 1.807) is 12.1 Å². The molecule has 2 aromatic rings. The van der Waals surface area contributed by atoms with Crippen LogP contribution in [0.15, 0.2) is 54.6 Å². The normalized spacial score (nSPS) is 14.2. The lowest BCUT2D eigenvalue weighted by Gasteiger charge is -2.11. The number of benzene rings is 2. The summed E-state index contributed by atoms with van der Waals surface area (Å²) in [6.45, 7) is 2.96. The summed E-state index contributed by atoms with van der Waals surface area (Å²) in [6.07, 6.45) is 4.25. The van der Waals surface area contributed by atoms with Crippen LogP contribution in [0.25, 0.3) is 6.08 Å². The smallest absolute Gasteiger partial charge is 0.337 e. The fraction of sp³-hybridized carbons (Fsp3) is 0.211. The van der Waals surface area contributed by atoms with Crippen molar-refractivity contribution in [1.29, 1.82) is 0 Å². The second kappa shape index (κ2) is 6.58. The summed E-state index contributed by atoms with van der Waals surface area (Å²) in [5, 5.41) is 0. The van der Waals surface area contributed by atoms with Crippen molar-refractivity contribution in [2.75, 3.05) is 13.7 Å². The van der Waals surface area contributed by atoms with Gasteiger partial charge in [-0.25, -0.2) is 4.79 Å². The van der Waals surface area contributed by atoms with Crippen molar-refractivity contribution in [2.45, 2.75) is 13.1 Å². The monoisotopic (exact) mass is 293 g/mol. The van der Waals surface area contributed by atoms with Gasteiger partial charge in [0.15, 0.2) is 0 Å². The molecular formula is C19H19NO2. The second-order valence-electron chi connectivity index (χ2n) is 5.45. The zero-order valence-electron chi connectivity index (χ0n) is 12.7. The van der Waals surface area contributed by atoms with Gasteiger partial charge in [-0.05, 0) is 28.8 Å². The fourth-order valence-corrected chi connectivity index (χ4v) is 2.72. The van der Waals surface area contributed by atoms with Gasteiger partial charge < -0.3 is 4.74 Å². The Bertz CT molecular complexity index is 664. The van der Waals surface area contributed by atoms with E-state index in [0.29, 0.717) is 5.56 Å². The van der Waals surface area contributed by atoms with Crippen LogP contribution in [0.3, 0.4) is 0 Å². The van der Waals surface area contributed by atoms with Gasteiger partial charge in [0.25, 0.3) is 0 Å². The van der Waals surface area contributed by atoms with Crippen molar-refractivity contribution in [1.82, 2.24) is 4.90 Å². The van der Waals surface area contributed by atoms with E-state index in [1.165, 1.54) is 18.2 Å². The molecule has 3 heteroatoms. The molecule has 1 heterocycles. The summed E-state index contributed by atoms with van der Waals surface area (Å²) >= 11 is 0. The number of fused-ring (bicyclic) bond motifs is 1. The van der Waals surface area contributed by atoms with Gasteiger partial charge in [-0.15, -0.1) is 0 Å². The molecule has 0 unspecified atom stereocenters. The number of nitrogens with zero attached hydrogens (tertiary/aromatic N) is 1. The maximum Gasteiger partial charge on any atom is 0.337 e. The Labute approximate surface area is 130 Å². The third-order valence-electron chi connectivity index (χ3n) is 3.91. The number of carbonyl (C=O) groups is 1. The molecule has 0 bridgehead atoms. The average molecular weight is 293 g/mol. The van der Waals surface area contributed by atoms with Crippen LogP contribution in [0.4, 0.5) is 0 Å². The predicted molar refractivity (Wildman–Crippen MR) is 87.4 cm³/mol. The van der Waals surface area contributed by atoms with Gasteiger partial charge in [0, 0.05) is 19.6 Å². The summed E-state index contributed by atoms with van der Waals surface area (Å²) in [4.78, 5) is 13.8. The molecule has 0 amide bonds. The summed E-state index contributed by atoms with van der Waals surface area (Å²) in [5.41, 5.74) is 4.52. The van der Waals surface area contributed by atoms with Crippen molar-refractivity contribution in [2.24, 2.45) is 0 Å². The van der Waals surface area contributed by atoms with Crippen LogP contribution in [0.1, 0.15) is 27.0 Å². The highest BCUT2D eigenvalue weighted by molar-refractivity contribution is 5.89. The highest BCUT2D eigenvalue weighted by Gasteiger charge is 2.16. The highest BCUT2D eigenvalue weighted by Crippen LogP contribution is 2.21. The van der Waals surface area contributed by atoms with E-state index >= 15 is 0 Å². The zero-order chi connectivity index (χ0) is 15.4. The van der Waals surface area contributed by atoms with E-state index in [9.17, 15) is 4.79 Å². The number of carbonyl (C=O) groups excluding carboxylic acids is 1. The molecule has 112 valence electrons. The maximum atomic E-state index is 11.4. The number of methoxy groups -OCH3 is 1. The van der Waals surface area contributed by atoms with Crippen molar-refractivity contribution < 1.29 is 9.53 Å². The Hall–Kier alpha value is -2.39. The van der Waals surface area contributed by atoms with Crippen LogP contribution in [-0.2, 0) is 17.8 Å². The molecule has 0 saturated carbocycles. The van der Waals surface area contributed by atoms with Crippen molar-refractivity contribution in [3.63, 3.8) is 0 Å². The quantitative estimate of drug-likeness (QED) is 0.808. The minimum Gasteiger partial charge on any atom is -0.465 e. The third-order valence-corrected chi connectivity index (χ3v) is 3.91. The van der Waals surface area contributed by atoms with E-state index in [2.05, 4.69) is 41.3 Å². The van der Waals surface area contributed by atoms with E-state index < -0.39 is 0 Å². The second-order valence-corrected chi connectivity index (χ2v) is 5.45. The predicted octanol–water partition coefficient (Wildman–Crippen LogP) is 3.50. The first-order valence-electron chi connectivity index (χ1n) is 7.40. The molecule has 0 aliphatic carbocycles. The Balaban J connectivity index is 1.56. The summed E-state index contributed by atoms with van der Waals surface area (Å²) in [6, 6.07) is 16.0. The topological polar surface area (TPSA) is 29.5 Å². The van der Waals surface area contributed by atoms with Gasteiger partial charge in [0.2, 0.25) is 0 Å². The van der Waals surface area contributed by atoms with Crippen molar-refractivity contribution in [3.05, 3.63) is 76.9 Å². The molecule has 3 rings (SSSR count). The van der Waals surface area contributed by atoms with Crippen LogP contribution in [0.5, 0.6) is 0 Å². The minimum atomic E-state index is -0.301. The molecule has 22 heavy (non-hydrogen) atoms. The van der Waals surface area contributed by atoms with Crippen molar-refractivity contribution in [3.8, 4) is 0 Å². The van der Waals surface area contributed by atoms with E-state index in [4.69, 9.17) is 4.74 Å². The SMILES string of the molecule is COC(=O)c1ccc(/C=C/CN2Cc3ccccc3C2)cc1. The minimum absolute atomic E-state index is 0.301. The molecule has 3 nitrogen and oxygen atoms in total. The largest absolute Gasteiger partial charge is 0.465 e. The number of hydrogen-bond donors (Lipinski definition) is 0. The Kier molecular flexibility index (Phi) is 4.35. The molecular weight excluding hydrogens is 274 g/mol. The van der Waals surface area contributed by atoms with Gasteiger partial charge in [-0.2, -0.15) is 0 Å². The molecule has 1 aliphatic rings. The molecule has 0 atom stereocenters. The fourth-order valence-electron chi connectivity index (χ4n) is 2.72. The summed E-state index contributed by atoms with van der Waals surface area (Å²) in [7, 11) is 1.39. The standard InChI is InChI=1S/C19H19NO2/c1-22-19(21)16-10-8-15(9-11-16)5-4-12-20-13-17-6-2-3-7-18(17)14-20/h2-11H,12-14H2,1H3/b5-4+. The van der Waals surface area contributed by atoms with E-state index in [-0.39, 0.29) is 5.97 Å². The average Bonchev–Trinajstić information content (AvgIpc) is 2.97. The maximum absolute atomic E-state index is 11.4. The molecule has 0 N–H and O–H groups in total. The molecule has 0 fully saturated rings. The lowest BCUT2D eigenvalue weighted by Crippen LogP contribution is -2.15. The molecule has 0 radical (unpaired) electrons. The van der Waals surface area contributed by atoms with Crippen LogP contribution < -0.4 is 0 Å².